The summed E-state index contributed by atoms with van der Waals surface area (Å²) in [5.41, 5.74) is 6.76. The lowest BCUT2D eigenvalue weighted by atomic mass is 9.90. The van der Waals surface area contributed by atoms with E-state index in [1.807, 2.05) is 60.7 Å². The van der Waals surface area contributed by atoms with Gasteiger partial charge in [-0.05, 0) is 61.6 Å². The van der Waals surface area contributed by atoms with Crippen LogP contribution in [0.25, 0.3) is 99.5 Å². The predicted molar refractivity (Wildman–Crippen MR) is 201 cm³/mol. The molecule has 10 rings (SSSR count). The van der Waals surface area contributed by atoms with Gasteiger partial charge in [0.15, 0.2) is 17.5 Å². The molecule has 4 nitrogen and oxygen atoms in total. The standard InChI is InChI=1S/C45H27N3O/c1-2-12-30(13-3-1)43-46-44(48-45(47-43)37-18-10-20-40-42(37)36-17-8-9-19-39(36)49-40)31-23-21-29(22-24-31)38-27-32-14-5-6-15-33(32)35-26-25-28-11-4-7-16-34(28)41(35)38/h1-27H. The second-order valence-corrected chi connectivity index (χ2v) is 12.4. The summed E-state index contributed by atoms with van der Waals surface area (Å²) in [6.45, 7) is 0. The molecule has 0 bridgehead atoms. The largest absolute Gasteiger partial charge is 0.456 e. The smallest absolute Gasteiger partial charge is 0.164 e. The van der Waals surface area contributed by atoms with Crippen LogP contribution in [-0.4, -0.2) is 15.0 Å². The van der Waals surface area contributed by atoms with Crippen LogP contribution < -0.4 is 0 Å². The molecule has 0 radical (unpaired) electrons. The first-order chi connectivity index (χ1) is 24.3. The molecule has 0 spiro atoms. The van der Waals surface area contributed by atoms with Crippen LogP contribution in [0.4, 0.5) is 0 Å². The number of benzene rings is 8. The van der Waals surface area contributed by atoms with Gasteiger partial charge in [0, 0.05) is 27.5 Å². The Kier molecular flexibility index (Phi) is 6.15. The summed E-state index contributed by atoms with van der Waals surface area (Å²) in [5, 5.41) is 9.52. The zero-order chi connectivity index (χ0) is 32.3. The van der Waals surface area contributed by atoms with Gasteiger partial charge in [-0.3, -0.25) is 0 Å². The highest BCUT2D eigenvalue weighted by Gasteiger charge is 2.18. The van der Waals surface area contributed by atoms with Crippen LogP contribution in [0.1, 0.15) is 0 Å². The normalized spacial score (nSPS) is 11.7. The van der Waals surface area contributed by atoms with Gasteiger partial charge in [0.2, 0.25) is 0 Å². The molecule has 0 aliphatic carbocycles. The minimum atomic E-state index is 0.608. The Hall–Kier alpha value is -6.65. The van der Waals surface area contributed by atoms with E-state index in [2.05, 4.69) is 103 Å². The summed E-state index contributed by atoms with van der Waals surface area (Å²) >= 11 is 0. The highest BCUT2D eigenvalue weighted by Crippen LogP contribution is 2.40. The van der Waals surface area contributed by atoms with Crippen molar-refractivity contribution in [2.75, 3.05) is 0 Å². The maximum atomic E-state index is 6.21. The van der Waals surface area contributed by atoms with Crippen molar-refractivity contribution in [2.24, 2.45) is 0 Å². The SMILES string of the molecule is c1ccc(-c2nc(-c3ccc(-c4cc5ccccc5c5ccc6ccccc6c45)cc3)nc(-c3cccc4oc5ccccc5c34)n2)cc1. The van der Waals surface area contributed by atoms with Crippen LogP contribution in [0.2, 0.25) is 0 Å². The fourth-order valence-corrected chi connectivity index (χ4v) is 7.21. The quantitative estimate of drug-likeness (QED) is 0.183. The second kappa shape index (κ2) is 11.0. The number of hydrogen-bond acceptors (Lipinski definition) is 4. The van der Waals surface area contributed by atoms with E-state index in [1.54, 1.807) is 0 Å². The van der Waals surface area contributed by atoms with Crippen molar-refractivity contribution < 1.29 is 4.42 Å². The highest BCUT2D eigenvalue weighted by molar-refractivity contribution is 6.23. The van der Waals surface area contributed by atoms with Crippen molar-refractivity contribution in [3.8, 4) is 45.3 Å². The van der Waals surface area contributed by atoms with E-state index in [1.165, 1.54) is 37.9 Å². The molecule has 0 aliphatic rings. The minimum absolute atomic E-state index is 0.608. The highest BCUT2D eigenvalue weighted by atomic mass is 16.3. The number of fused-ring (bicyclic) bond motifs is 8. The second-order valence-electron chi connectivity index (χ2n) is 12.4. The van der Waals surface area contributed by atoms with Crippen molar-refractivity contribution in [3.63, 3.8) is 0 Å². The van der Waals surface area contributed by atoms with E-state index >= 15 is 0 Å². The lowest BCUT2D eigenvalue weighted by Crippen LogP contribution is -2.00. The molecular weight excluding hydrogens is 599 g/mol. The van der Waals surface area contributed by atoms with Crippen LogP contribution in [0.3, 0.4) is 0 Å². The molecule has 228 valence electrons. The number of furan rings is 1. The molecule has 0 N–H and O–H groups in total. The van der Waals surface area contributed by atoms with E-state index in [0.29, 0.717) is 17.5 Å². The van der Waals surface area contributed by atoms with Gasteiger partial charge in [0.25, 0.3) is 0 Å². The van der Waals surface area contributed by atoms with Crippen molar-refractivity contribution >= 4 is 54.3 Å². The van der Waals surface area contributed by atoms with E-state index in [4.69, 9.17) is 19.4 Å². The third kappa shape index (κ3) is 4.49. The Morgan fingerprint density at radius 1 is 0.327 bits per heavy atom. The molecule has 0 unspecified atom stereocenters. The summed E-state index contributed by atoms with van der Waals surface area (Å²) < 4.78 is 6.21. The first-order valence-corrected chi connectivity index (χ1v) is 16.4. The summed E-state index contributed by atoms with van der Waals surface area (Å²) in [6.07, 6.45) is 0. The van der Waals surface area contributed by atoms with Gasteiger partial charge in [-0.1, -0.05) is 146 Å². The van der Waals surface area contributed by atoms with E-state index in [-0.39, 0.29) is 0 Å². The monoisotopic (exact) mass is 625 g/mol. The van der Waals surface area contributed by atoms with Crippen molar-refractivity contribution in [1.82, 2.24) is 15.0 Å². The van der Waals surface area contributed by atoms with Gasteiger partial charge in [0.05, 0.1) is 0 Å². The lowest BCUT2D eigenvalue weighted by Gasteiger charge is -2.14. The summed E-state index contributed by atoms with van der Waals surface area (Å²) in [6, 6.07) is 57.0. The molecule has 10 aromatic rings. The van der Waals surface area contributed by atoms with E-state index < -0.39 is 0 Å². The van der Waals surface area contributed by atoms with Crippen LogP contribution in [0.15, 0.2) is 168 Å². The number of nitrogens with zero attached hydrogens (tertiary/aromatic N) is 3. The molecule has 49 heavy (non-hydrogen) atoms. The van der Waals surface area contributed by atoms with Gasteiger partial charge in [-0.25, -0.2) is 15.0 Å². The molecule has 0 saturated carbocycles. The first kappa shape index (κ1) is 27.5. The van der Waals surface area contributed by atoms with Crippen molar-refractivity contribution in [2.45, 2.75) is 0 Å². The van der Waals surface area contributed by atoms with Gasteiger partial charge in [-0.2, -0.15) is 0 Å². The zero-order valence-corrected chi connectivity index (χ0v) is 26.3. The zero-order valence-electron chi connectivity index (χ0n) is 26.3. The van der Waals surface area contributed by atoms with Crippen LogP contribution in [0.5, 0.6) is 0 Å². The van der Waals surface area contributed by atoms with Crippen LogP contribution in [-0.2, 0) is 0 Å². The van der Waals surface area contributed by atoms with E-state index in [9.17, 15) is 0 Å². The molecule has 8 aromatic carbocycles. The maximum absolute atomic E-state index is 6.21. The first-order valence-electron chi connectivity index (χ1n) is 16.4. The van der Waals surface area contributed by atoms with Crippen molar-refractivity contribution in [1.29, 1.82) is 0 Å². The number of aromatic nitrogens is 3. The summed E-state index contributed by atoms with van der Waals surface area (Å²) in [7, 11) is 0. The topological polar surface area (TPSA) is 51.8 Å². The van der Waals surface area contributed by atoms with Gasteiger partial charge < -0.3 is 4.42 Å². The number of hydrogen-bond donors (Lipinski definition) is 0. The molecule has 0 amide bonds. The Labute approximate surface area is 282 Å². The van der Waals surface area contributed by atoms with Gasteiger partial charge >= 0.3 is 0 Å². The maximum Gasteiger partial charge on any atom is 0.164 e. The minimum Gasteiger partial charge on any atom is -0.456 e. The van der Waals surface area contributed by atoms with Crippen molar-refractivity contribution in [3.05, 3.63) is 164 Å². The molecule has 0 saturated heterocycles. The Morgan fingerprint density at radius 3 is 1.76 bits per heavy atom. The number of para-hydroxylation sites is 1. The molecular formula is C45H27N3O. The Balaban J connectivity index is 1.16. The summed E-state index contributed by atoms with van der Waals surface area (Å²) in [4.78, 5) is 15.2. The fourth-order valence-electron chi connectivity index (χ4n) is 7.21. The third-order valence-electron chi connectivity index (χ3n) is 9.51. The van der Waals surface area contributed by atoms with Crippen LogP contribution >= 0.6 is 0 Å². The molecule has 2 heterocycles. The Bertz CT molecular complexity index is 2870. The molecule has 0 aliphatic heterocycles. The van der Waals surface area contributed by atoms with Crippen LogP contribution in [0, 0.1) is 0 Å². The fraction of sp³-hybridized carbons (Fsp3) is 0. The average Bonchev–Trinajstić information content (AvgIpc) is 3.57. The molecule has 0 fully saturated rings. The average molecular weight is 626 g/mol. The van der Waals surface area contributed by atoms with Gasteiger partial charge in [-0.15, -0.1) is 0 Å². The Morgan fingerprint density at radius 2 is 0.939 bits per heavy atom. The van der Waals surface area contributed by atoms with E-state index in [0.717, 1.165) is 44.2 Å². The summed E-state index contributed by atoms with van der Waals surface area (Å²) in [5.74, 6) is 1.85. The number of rotatable bonds is 4. The molecule has 4 heteroatoms. The predicted octanol–water partition coefficient (Wildman–Crippen LogP) is 11.9. The lowest BCUT2D eigenvalue weighted by molar-refractivity contribution is 0.669. The molecule has 0 atom stereocenters. The van der Waals surface area contributed by atoms with Gasteiger partial charge in [0.1, 0.15) is 11.2 Å². The third-order valence-corrected chi connectivity index (χ3v) is 9.51. The molecule has 2 aromatic heterocycles.